The standard InChI is InChI=1S/C16H14Cl2O2/c1-20-14-7-3-5-12(10-14)15(16(18)19)9-11-4-2-6-13(17)8-11/h2-8,10,15H,9H2,1H3. The summed E-state index contributed by atoms with van der Waals surface area (Å²) in [5, 5.41) is 0.257. The van der Waals surface area contributed by atoms with Crippen molar-refractivity contribution in [3.8, 4) is 5.75 Å². The van der Waals surface area contributed by atoms with Gasteiger partial charge in [0.1, 0.15) is 5.75 Å². The zero-order valence-electron chi connectivity index (χ0n) is 11.0. The zero-order chi connectivity index (χ0) is 14.5. The predicted molar refractivity (Wildman–Crippen MR) is 81.8 cm³/mol. The molecule has 0 saturated heterocycles. The third-order valence-corrected chi connectivity index (χ3v) is 3.60. The molecule has 0 radical (unpaired) electrons. The van der Waals surface area contributed by atoms with E-state index < -0.39 is 11.2 Å². The summed E-state index contributed by atoms with van der Waals surface area (Å²) in [7, 11) is 1.59. The van der Waals surface area contributed by atoms with E-state index in [2.05, 4.69) is 0 Å². The highest BCUT2D eigenvalue weighted by Crippen LogP contribution is 2.27. The normalized spacial score (nSPS) is 11.9. The minimum Gasteiger partial charge on any atom is -0.497 e. The molecular weight excluding hydrogens is 295 g/mol. The number of ether oxygens (including phenoxy) is 1. The Bertz CT molecular complexity index is 611. The third-order valence-electron chi connectivity index (χ3n) is 3.10. The largest absolute Gasteiger partial charge is 0.497 e. The van der Waals surface area contributed by atoms with Gasteiger partial charge >= 0.3 is 0 Å². The number of carbonyl (C=O) groups excluding carboxylic acids is 1. The van der Waals surface area contributed by atoms with E-state index in [1.807, 2.05) is 42.5 Å². The van der Waals surface area contributed by atoms with Crippen LogP contribution >= 0.6 is 23.2 Å². The highest BCUT2D eigenvalue weighted by atomic mass is 35.5. The first kappa shape index (κ1) is 14.9. The molecule has 1 unspecified atom stereocenters. The second kappa shape index (κ2) is 6.78. The highest BCUT2D eigenvalue weighted by Gasteiger charge is 2.20. The van der Waals surface area contributed by atoms with Crippen LogP contribution in [-0.2, 0) is 11.2 Å². The van der Waals surface area contributed by atoms with E-state index >= 15 is 0 Å². The third kappa shape index (κ3) is 3.75. The van der Waals surface area contributed by atoms with Crippen molar-refractivity contribution in [2.24, 2.45) is 0 Å². The number of halogens is 2. The maximum absolute atomic E-state index is 11.7. The van der Waals surface area contributed by atoms with Gasteiger partial charge in [0.15, 0.2) is 0 Å². The van der Waals surface area contributed by atoms with Crippen LogP contribution in [0.5, 0.6) is 5.75 Å². The minimum absolute atomic E-state index is 0.391. The van der Waals surface area contributed by atoms with E-state index in [0.29, 0.717) is 17.2 Å². The average molecular weight is 309 g/mol. The van der Waals surface area contributed by atoms with Crippen molar-refractivity contribution in [1.82, 2.24) is 0 Å². The molecule has 0 saturated carbocycles. The Morgan fingerprint density at radius 2 is 1.95 bits per heavy atom. The first-order valence-electron chi connectivity index (χ1n) is 6.18. The maximum atomic E-state index is 11.7. The molecule has 1 atom stereocenters. The van der Waals surface area contributed by atoms with E-state index in [1.165, 1.54) is 0 Å². The number of methoxy groups -OCH3 is 1. The Kier molecular flexibility index (Phi) is 5.05. The lowest BCUT2D eigenvalue weighted by Crippen LogP contribution is -2.10. The van der Waals surface area contributed by atoms with Crippen LogP contribution in [0.15, 0.2) is 48.5 Å². The van der Waals surface area contributed by atoms with Crippen molar-refractivity contribution in [2.75, 3.05) is 7.11 Å². The molecule has 2 rings (SSSR count). The summed E-state index contributed by atoms with van der Waals surface area (Å²) in [5.74, 6) is 0.293. The van der Waals surface area contributed by atoms with Gasteiger partial charge < -0.3 is 4.74 Å². The molecule has 0 aromatic heterocycles. The molecule has 20 heavy (non-hydrogen) atoms. The smallest absolute Gasteiger partial charge is 0.229 e. The van der Waals surface area contributed by atoms with E-state index in [0.717, 1.165) is 11.1 Å². The maximum Gasteiger partial charge on any atom is 0.229 e. The average Bonchev–Trinajstić information content (AvgIpc) is 2.44. The lowest BCUT2D eigenvalue weighted by molar-refractivity contribution is -0.113. The van der Waals surface area contributed by atoms with Crippen molar-refractivity contribution in [2.45, 2.75) is 12.3 Å². The number of carbonyl (C=O) groups is 1. The number of hydrogen-bond acceptors (Lipinski definition) is 2. The van der Waals surface area contributed by atoms with E-state index in [9.17, 15) is 4.79 Å². The molecule has 0 bridgehead atoms. The van der Waals surface area contributed by atoms with Gasteiger partial charge in [-0.1, -0.05) is 35.9 Å². The summed E-state index contributed by atoms with van der Waals surface area (Å²) in [6, 6.07) is 14.8. The van der Waals surface area contributed by atoms with Gasteiger partial charge in [-0.25, -0.2) is 0 Å². The van der Waals surface area contributed by atoms with Crippen LogP contribution in [-0.4, -0.2) is 12.4 Å². The van der Waals surface area contributed by atoms with Gasteiger partial charge in [0, 0.05) is 5.02 Å². The summed E-state index contributed by atoms with van der Waals surface area (Å²) in [6.45, 7) is 0. The molecule has 0 aliphatic carbocycles. The van der Waals surface area contributed by atoms with Crippen LogP contribution in [0.1, 0.15) is 17.0 Å². The number of hydrogen-bond donors (Lipinski definition) is 0. The monoisotopic (exact) mass is 308 g/mol. The predicted octanol–water partition coefficient (Wildman–Crippen LogP) is 4.44. The lowest BCUT2D eigenvalue weighted by Gasteiger charge is -2.14. The molecule has 0 heterocycles. The summed E-state index contributed by atoms with van der Waals surface area (Å²) < 4.78 is 5.18. The molecule has 0 N–H and O–H groups in total. The Labute approximate surface area is 128 Å². The molecule has 0 amide bonds. The number of benzene rings is 2. The summed E-state index contributed by atoms with van der Waals surface area (Å²) in [4.78, 5) is 11.7. The van der Waals surface area contributed by atoms with Gasteiger partial charge in [0.05, 0.1) is 13.0 Å². The van der Waals surface area contributed by atoms with Crippen LogP contribution in [0.2, 0.25) is 5.02 Å². The van der Waals surface area contributed by atoms with E-state index in [1.54, 1.807) is 13.2 Å². The van der Waals surface area contributed by atoms with Crippen LogP contribution in [0.3, 0.4) is 0 Å². The summed E-state index contributed by atoms with van der Waals surface area (Å²) in [5.41, 5.74) is 1.81. The molecular formula is C16H14Cl2O2. The molecule has 0 spiro atoms. The van der Waals surface area contributed by atoms with Crippen LogP contribution in [0.25, 0.3) is 0 Å². The molecule has 2 nitrogen and oxygen atoms in total. The zero-order valence-corrected chi connectivity index (χ0v) is 12.5. The fourth-order valence-electron chi connectivity index (χ4n) is 2.09. The molecule has 104 valence electrons. The molecule has 4 heteroatoms. The second-order valence-corrected chi connectivity index (χ2v) is 5.28. The van der Waals surface area contributed by atoms with Crippen LogP contribution in [0.4, 0.5) is 0 Å². The summed E-state index contributed by atoms with van der Waals surface area (Å²) >= 11 is 11.7. The van der Waals surface area contributed by atoms with Crippen molar-refractivity contribution in [3.05, 3.63) is 64.7 Å². The first-order valence-corrected chi connectivity index (χ1v) is 6.93. The van der Waals surface area contributed by atoms with E-state index in [4.69, 9.17) is 27.9 Å². The molecule has 0 aliphatic rings. The van der Waals surface area contributed by atoms with Crippen molar-refractivity contribution in [3.63, 3.8) is 0 Å². The highest BCUT2D eigenvalue weighted by molar-refractivity contribution is 6.64. The Morgan fingerprint density at radius 1 is 1.20 bits per heavy atom. The van der Waals surface area contributed by atoms with Gasteiger partial charge in [0.25, 0.3) is 0 Å². The molecule has 2 aromatic carbocycles. The fourth-order valence-corrected chi connectivity index (χ4v) is 2.50. The fraction of sp³-hybridized carbons (Fsp3) is 0.188. The minimum atomic E-state index is -0.412. The molecule has 2 aromatic rings. The Balaban J connectivity index is 2.29. The van der Waals surface area contributed by atoms with Crippen LogP contribution < -0.4 is 4.74 Å². The lowest BCUT2D eigenvalue weighted by atomic mass is 9.93. The molecule has 0 aliphatic heterocycles. The van der Waals surface area contributed by atoms with Gasteiger partial charge in [-0.05, 0) is 53.4 Å². The second-order valence-electron chi connectivity index (χ2n) is 4.47. The SMILES string of the molecule is COc1cccc(C(Cc2cccc(Cl)c2)C(=O)Cl)c1. The van der Waals surface area contributed by atoms with Crippen molar-refractivity contribution >= 4 is 28.4 Å². The Morgan fingerprint density at radius 3 is 2.60 bits per heavy atom. The van der Waals surface area contributed by atoms with Gasteiger partial charge in [-0.15, -0.1) is 0 Å². The van der Waals surface area contributed by atoms with Crippen LogP contribution in [0, 0.1) is 0 Å². The first-order chi connectivity index (χ1) is 9.60. The van der Waals surface area contributed by atoms with Crippen molar-refractivity contribution in [1.29, 1.82) is 0 Å². The number of rotatable bonds is 5. The molecule has 0 fully saturated rings. The Hall–Kier alpha value is -1.51. The quantitative estimate of drug-likeness (QED) is 0.763. The van der Waals surface area contributed by atoms with Gasteiger partial charge in [-0.3, -0.25) is 4.79 Å². The summed E-state index contributed by atoms with van der Waals surface area (Å²) in [6.07, 6.45) is 0.510. The van der Waals surface area contributed by atoms with Crippen molar-refractivity contribution < 1.29 is 9.53 Å². The topological polar surface area (TPSA) is 26.3 Å². The van der Waals surface area contributed by atoms with E-state index in [-0.39, 0.29) is 0 Å². The van der Waals surface area contributed by atoms with Gasteiger partial charge in [-0.2, -0.15) is 0 Å². The van der Waals surface area contributed by atoms with Gasteiger partial charge in [0.2, 0.25) is 5.24 Å².